The number of hydrogen-bond donors (Lipinski definition) is 1. The average Bonchev–Trinajstić information content (AvgIpc) is 2.18. The molecular formula is C12H17ClFN. The maximum atomic E-state index is 13.0. The van der Waals surface area contributed by atoms with Gasteiger partial charge in [-0.05, 0) is 37.1 Å². The van der Waals surface area contributed by atoms with E-state index in [1.807, 2.05) is 7.05 Å². The van der Waals surface area contributed by atoms with Gasteiger partial charge in [-0.1, -0.05) is 31.5 Å². The highest BCUT2D eigenvalue weighted by atomic mass is 35.5. The van der Waals surface area contributed by atoms with Crippen molar-refractivity contribution in [3.63, 3.8) is 0 Å². The highest BCUT2D eigenvalue weighted by molar-refractivity contribution is 6.30. The van der Waals surface area contributed by atoms with E-state index < -0.39 is 0 Å². The van der Waals surface area contributed by atoms with Gasteiger partial charge in [-0.15, -0.1) is 0 Å². The summed E-state index contributed by atoms with van der Waals surface area (Å²) in [6.07, 6.45) is 1.01. The van der Waals surface area contributed by atoms with E-state index in [1.54, 1.807) is 12.1 Å². The Morgan fingerprint density at radius 1 is 1.40 bits per heavy atom. The van der Waals surface area contributed by atoms with Gasteiger partial charge >= 0.3 is 0 Å². The minimum Gasteiger partial charge on any atom is -0.313 e. The molecule has 0 aliphatic heterocycles. The van der Waals surface area contributed by atoms with E-state index in [1.165, 1.54) is 6.07 Å². The van der Waals surface area contributed by atoms with Gasteiger partial charge < -0.3 is 5.32 Å². The molecule has 1 N–H and O–H groups in total. The lowest BCUT2D eigenvalue weighted by Gasteiger charge is -2.19. The van der Waals surface area contributed by atoms with E-state index in [-0.39, 0.29) is 16.9 Å². The Labute approximate surface area is 95.6 Å². The quantitative estimate of drug-likeness (QED) is 0.829. The fourth-order valence-corrected chi connectivity index (χ4v) is 1.81. The number of nitrogens with one attached hydrogen (secondary N) is 1. The third-order valence-corrected chi connectivity index (χ3v) is 2.69. The molecule has 0 bridgehead atoms. The minimum atomic E-state index is -0.361. The molecule has 0 radical (unpaired) electrons. The second kappa shape index (κ2) is 5.47. The van der Waals surface area contributed by atoms with Gasteiger partial charge in [0.1, 0.15) is 5.82 Å². The molecule has 0 amide bonds. The Bertz CT molecular complexity index is 325. The molecule has 0 saturated carbocycles. The number of halogens is 2. The van der Waals surface area contributed by atoms with Crippen LogP contribution in [0.2, 0.25) is 5.02 Å². The van der Waals surface area contributed by atoms with Gasteiger partial charge in [0.05, 0.1) is 5.02 Å². The van der Waals surface area contributed by atoms with Gasteiger partial charge in [-0.2, -0.15) is 0 Å². The van der Waals surface area contributed by atoms with Gasteiger partial charge in [-0.25, -0.2) is 4.39 Å². The molecule has 0 aliphatic rings. The van der Waals surface area contributed by atoms with E-state index in [0.29, 0.717) is 5.92 Å². The fourth-order valence-electron chi connectivity index (χ4n) is 1.62. The zero-order chi connectivity index (χ0) is 11.4. The Hall–Kier alpha value is -0.600. The Kier molecular flexibility index (Phi) is 4.55. The van der Waals surface area contributed by atoms with Crippen molar-refractivity contribution in [3.8, 4) is 0 Å². The fraction of sp³-hybridized carbons (Fsp3) is 0.500. The minimum absolute atomic E-state index is 0.191. The summed E-state index contributed by atoms with van der Waals surface area (Å²) >= 11 is 5.75. The van der Waals surface area contributed by atoms with Crippen LogP contribution in [0.1, 0.15) is 31.9 Å². The number of rotatable bonds is 4. The van der Waals surface area contributed by atoms with Crippen LogP contribution in [0, 0.1) is 11.7 Å². The molecule has 0 spiro atoms. The van der Waals surface area contributed by atoms with Gasteiger partial charge in [0.15, 0.2) is 0 Å². The zero-order valence-corrected chi connectivity index (χ0v) is 10.1. The lowest BCUT2D eigenvalue weighted by molar-refractivity contribution is 0.456. The molecule has 0 saturated heterocycles. The van der Waals surface area contributed by atoms with Crippen molar-refractivity contribution in [2.45, 2.75) is 26.3 Å². The van der Waals surface area contributed by atoms with Crippen molar-refractivity contribution in [3.05, 3.63) is 34.6 Å². The molecule has 0 aliphatic carbocycles. The Morgan fingerprint density at radius 3 is 2.53 bits per heavy atom. The van der Waals surface area contributed by atoms with E-state index in [9.17, 15) is 4.39 Å². The van der Waals surface area contributed by atoms with Crippen molar-refractivity contribution in [1.29, 1.82) is 0 Å². The van der Waals surface area contributed by atoms with Crippen LogP contribution < -0.4 is 5.32 Å². The smallest absolute Gasteiger partial charge is 0.141 e. The topological polar surface area (TPSA) is 12.0 Å². The first kappa shape index (κ1) is 12.5. The predicted molar refractivity (Wildman–Crippen MR) is 62.7 cm³/mol. The third-order valence-electron chi connectivity index (χ3n) is 2.40. The first-order valence-corrected chi connectivity index (χ1v) is 5.54. The molecule has 15 heavy (non-hydrogen) atoms. The van der Waals surface area contributed by atoms with E-state index in [0.717, 1.165) is 12.0 Å². The summed E-state index contributed by atoms with van der Waals surface area (Å²) in [6.45, 7) is 4.32. The maximum Gasteiger partial charge on any atom is 0.141 e. The molecule has 1 nitrogen and oxygen atoms in total. The molecule has 0 aromatic heterocycles. The summed E-state index contributed by atoms with van der Waals surface area (Å²) in [6, 6.07) is 5.14. The van der Waals surface area contributed by atoms with Crippen LogP contribution in [0.15, 0.2) is 18.2 Å². The standard InChI is InChI=1S/C12H17ClFN/c1-8(2)6-12(15-3)9-4-5-11(14)10(13)7-9/h4-5,7-8,12,15H,6H2,1-3H3. The van der Waals surface area contributed by atoms with Crippen molar-refractivity contribution < 1.29 is 4.39 Å². The van der Waals surface area contributed by atoms with E-state index >= 15 is 0 Å². The summed E-state index contributed by atoms with van der Waals surface area (Å²) in [7, 11) is 1.91. The second-order valence-corrected chi connectivity index (χ2v) is 4.55. The summed E-state index contributed by atoms with van der Waals surface area (Å²) in [5.74, 6) is 0.228. The second-order valence-electron chi connectivity index (χ2n) is 4.14. The van der Waals surface area contributed by atoms with Crippen molar-refractivity contribution in [2.24, 2.45) is 5.92 Å². The first-order chi connectivity index (χ1) is 7.04. The van der Waals surface area contributed by atoms with E-state index in [4.69, 9.17) is 11.6 Å². The lowest BCUT2D eigenvalue weighted by atomic mass is 9.97. The van der Waals surface area contributed by atoms with Gasteiger partial charge in [0, 0.05) is 6.04 Å². The predicted octanol–water partition coefficient (Wildman–Crippen LogP) is 3.79. The summed E-state index contributed by atoms with van der Waals surface area (Å²) in [5.41, 5.74) is 1.04. The largest absolute Gasteiger partial charge is 0.313 e. The SMILES string of the molecule is CNC(CC(C)C)c1ccc(F)c(Cl)c1. The molecule has 1 aromatic carbocycles. The van der Waals surface area contributed by atoms with Crippen molar-refractivity contribution >= 4 is 11.6 Å². The monoisotopic (exact) mass is 229 g/mol. The van der Waals surface area contributed by atoms with Crippen LogP contribution in [0.4, 0.5) is 4.39 Å². The molecule has 0 fully saturated rings. The number of benzene rings is 1. The highest BCUT2D eigenvalue weighted by Gasteiger charge is 2.12. The van der Waals surface area contributed by atoms with Crippen LogP contribution in [-0.2, 0) is 0 Å². The van der Waals surface area contributed by atoms with Crippen LogP contribution in [0.25, 0.3) is 0 Å². The summed E-state index contributed by atoms with van der Waals surface area (Å²) in [4.78, 5) is 0. The maximum absolute atomic E-state index is 13.0. The molecule has 0 heterocycles. The number of hydrogen-bond acceptors (Lipinski definition) is 1. The zero-order valence-electron chi connectivity index (χ0n) is 9.35. The summed E-state index contributed by atoms with van der Waals surface area (Å²) in [5, 5.41) is 3.41. The highest BCUT2D eigenvalue weighted by Crippen LogP contribution is 2.24. The first-order valence-electron chi connectivity index (χ1n) is 5.16. The molecule has 1 aromatic rings. The van der Waals surface area contributed by atoms with Crippen LogP contribution in [0.5, 0.6) is 0 Å². The normalized spacial score (nSPS) is 13.2. The Balaban J connectivity index is 2.87. The van der Waals surface area contributed by atoms with Gasteiger partial charge in [0.2, 0.25) is 0 Å². The molecule has 3 heteroatoms. The summed E-state index contributed by atoms with van der Waals surface area (Å²) < 4.78 is 13.0. The van der Waals surface area contributed by atoms with Crippen LogP contribution in [-0.4, -0.2) is 7.05 Å². The van der Waals surface area contributed by atoms with Crippen LogP contribution in [0.3, 0.4) is 0 Å². The van der Waals surface area contributed by atoms with Gasteiger partial charge in [0.25, 0.3) is 0 Å². The molecule has 1 atom stereocenters. The van der Waals surface area contributed by atoms with Gasteiger partial charge in [-0.3, -0.25) is 0 Å². The Morgan fingerprint density at radius 2 is 2.07 bits per heavy atom. The van der Waals surface area contributed by atoms with Crippen molar-refractivity contribution in [1.82, 2.24) is 5.32 Å². The third kappa shape index (κ3) is 3.47. The van der Waals surface area contributed by atoms with Crippen LogP contribution >= 0.6 is 11.6 Å². The lowest BCUT2D eigenvalue weighted by Crippen LogP contribution is -2.18. The molecular weight excluding hydrogens is 213 g/mol. The molecule has 1 rings (SSSR count). The van der Waals surface area contributed by atoms with E-state index in [2.05, 4.69) is 19.2 Å². The molecule has 84 valence electrons. The molecule has 1 unspecified atom stereocenters. The van der Waals surface area contributed by atoms with Crippen molar-refractivity contribution in [2.75, 3.05) is 7.05 Å². The average molecular weight is 230 g/mol.